The molecule has 0 radical (unpaired) electrons. The maximum Gasteiger partial charge on any atom is 0.352 e. The second-order valence-corrected chi connectivity index (χ2v) is 7.03. The molecular formula is C18H32N2O3. The first kappa shape index (κ1) is 19.7. The minimum atomic E-state index is -1.06. The minimum Gasteiger partial charge on any atom is -0.477 e. The topological polar surface area (TPSA) is 69.6 Å². The fourth-order valence-corrected chi connectivity index (χ4v) is 2.77. The Hall–Kier alpha value is -1.36. The molecule has 5 nitrogen and oxygen atoms in total. The molecule has 0 saturated heterocycles. The zero-order valence-corrected chi connectivity index (χ0v) is 15.0. The second-order valence-electron chi connectivity index (χ2n) is 7.03. The number of carboxylic acid groups (broad SMARTS) is 1. The van der Waals surface area contributed by atoms with Crippen LogP contribution in [0.3, 0.4) is 0 Å². The molecule has 2 N–H and O–H groups in total. The Morgan fingerprint density at radius 2 is 1.83 bits per heavy atom. The van der Waals surface area contributed by atoms with Crippen molar-refractivity contribution in [1.82, 2.24) is 10.2 Å². The van der Waals surface area contributed by atoms with Crippen LogP contribution in [0, 0.1) is 11.3 Å². The number of nitrogens with one attached hydrogen (secondary N) is 1. The lowest BCUT2D eigenvalue weighted by molar-refractivity contribution is -0.135. The number of carbonyl (C=O) groups is 2. The number of hydrogen-bond donors (Lipinski definition) is 2. The van der Waals surface area contributed by atoms with Crippen LogP contribution in [0.25, 0.3) is 0 Å². The van der Waals surface area contributed by atoms with Crippen LogP contribution in [0.5, 0.6) is 0 Å². The Bertz CT molecular complexity index is 440. The molecule has 1 fully saturated rings. The zero-order chi connectivity index (χ0) is 17.5. The van der Waals surface area contributed by atoms with Crippen LogP contribution in [-0.4, -0.2) is 41.5 Å². The van der Waals surface area contributed by atoms with Crippen molar-refractivity contribution in [1.29, 1.82) is 0 Å². The molecule has 1 aliphatic carbocycles. The first-order valence-corrected chi connectivity index (χ1v) is 8.78. The van der Waals surface area contributed by atoms with Crippen molar-refractivity contribution in [2.75, 3.05) is 19.6 Å². The van der Waals surface area contributed by atoms with E-state index in [-0.39, 0.29) is 22.9 Å². The van der Waals surface area contributed by atoms with E-state index in [0.29, 0.717) is 6.42 Å². The van der Waals surface area contributed by atoms with Crippen molar-refractivity contribution in [3.05, 3.63) is 11.8 Å². The highest BCUT2D eigenvalue weighted by Crippen LogP contribution is 2.51. The number of carbonyl (C=O) groups excluding carboxylic acids is 1. The standard InChI is InChI=1S/C18H32N2O3/c1-5-20(6-2)12-10-8-7-9-11-15(17(22)23)19-16(21)14-13-18(14,3)4/h11,14H,5-10,12-13H2,1-4H3,(H,19,21)(H,22,23)/b15-11+. The van der Waals surface area contributed by atoms with Gasteiger partial charge in [0.25, 0.3) is 0 Å². The number of carboxylic acids is 1. The average molecular weight is 324 g/mol. The summed E-state index contributed by atoms with van der Waals surface area (Å²) in [7, 11) is 0. The summed E-state index contributed by atoms with van der Waals surface area (Å²) in [5.74, 6) is -1.27. The lowest BCUT2D eigenvalue weighted by Gasteiger charge is -2.17. The van der Waals surface area contributed by atoms with Gasteiger partial charge in [0, 0.05) is 5.92 Å². The van der Waals surface area contributed by atoms with Crippen LogP contribution in [0.1, 0.15) is 59.8 Å². The van der Waals surface area contributed by atoms with E-state index in [0.717, 1.165) is 45.3 Å². The molecular weight excluding hydrogens is 292 g/mol. The number of rotatable bonds is 11. The normalized spacial score (nSPS) is 19.7. The molecule has 0 aromatic heterocycles. The summed E-state index contributed by atoms with van der Waals surface area (Å²) in [5, 5.41) is 11.8. The molecule has 5 heteroatoms. The number of aliphatic carboxylic acids is 1. The number of amides is 1. The molecule has 1 amide bonds. The van der Waals surface area contributed by atoms with E-state index in [1.807, 2.05) is 13.8 Å². The van der Waals surface area contributed by atoms with Gasteiger partial charge in [0.2, 0.25) is 5.91 Å². The highest BCUT2D eigenvalue weighted by Gasteiger charge is 2.50. The fraction of sp³-hybridized carbons (Fsp3) is 0.778. The van der Waals surface area contributed by atoms with Gasteiger partial charge in [-0.25, -0.2) is 4.79 Å². The van der Waals surface area contributed by atoms with Gasteiger partial charge >= 0.3 is 5.97 Å². The zero-order valence-electron chi connectivity index (χ0n) is 15.0. The summed E-state index contributed by atoms with van der Waals surface area (Å²) in [5.41, 5.74) is 0.0411. The summed E-state index contributed by atoms with van der Waals surface area (Å²) in [6.07, 6.45) is 6.31. The number of nitrogens with zero attached hydrogens (tertiary/aromatic N) is 1. The number of hydrogen-bond acceptors (Lipinski definition) is 3. The van der Waals surface area contributed by atoms with Gasteiger partial charge in [0.1, 0.15) is 5.70 Å². The van der Waals surface area contributed by atoms with Gasteiger partial charge in [-0.1, -0.05) is 40.2 Å². The van der Waals surface area contributed by atoms with Crippen LogP contribution in [0.2, 0.25) is 0 Å². The second kappa shape index (κ2) is 9.06. The maximum absolute atomic E-state index is 12.0. The average Bonchev–Trinajstić information content (AvgIpc) is 3.14. The fourth-order valence-electron chi connectivity index (χ4n) is 2.77. The predicted octanol–water partition coefficient (Wildman–Crippen LogP) is 3.02. The van der Waals surface area contributed by atoms with Crippen molar-refractivity contribution in [2.45, 2.75) is 59.8 Å². The van der Waals surface area contributed by atoms with E-state index >= 15 is 0 Å². The molecule has 1 unspecified atom stereocenters. The predicted molar refractivity (Wildman–Crippen MR) is 92.0 cm³/mol. The third-order valence-corrected chi connectivity index (χ3v) is 4.74. The first-order valence-electron chi connectivity index (χ1n) is 8.78. The van der Waals surface area contributed by atoms with Gasteiger partial charge in [0.05, 0.1) is 0 Å². The third-order valence-electron chi connectivity index (χ3n) is 4.74. The van der Waals surface area contributed by atoms with Crippen molar-refractivity contribution in [3.8, 4) is 0 Å². The first-order chi connectivity index (χ1) is 10.8. The molecule has 0 aromatic rings. The van der Waals surface area contributed by atoms with Crippen LogP contribution in [0.4, 0.5) is 0 Å². The van der Waals surface area contributed by atoms with Gasteiger partial charge in [-0.15, -0.1) is 0 Å². The minimum absolute atomic E-state index is 0.0120. The van der Waals surface area contributed by atoms with Crippen molar-refractivity contribution in [2.24, 2.45) is 11.3 Å². The third kappa shape index (κ3) is 6.73. The van der Waals surface area contributed by atoms with E-state index in [9.17, 15) is 14.7 Å². The van der Waals surface area contributed by atoms with Crippen LogP contribution in [0.15, 0.2) is 11.8 Å². The van der Waals surface area contributed by atoms with E-state index in [1.165, 1.54) is 0 Å². The van der Waals surface area contributed by atoms with Crippen molar-refractivity contribution >= 4 is 11.9 Å². The van der Waals surface area contributed by atoms with Crippen molar-refractivity contribution < 1.29 is 14.7 Å². The summed E-state index contributed by atoms with van der Waals surface area (Å²) < 4.78 is 0. The molecule has 1 rings (SSSR count). The Morgan fingerprint density at radius 3 is 2.30 bits per heavy atom. The number of allylic oxidation sites excluding steroid dienone is 1. The summed E-state index contributed by atoms with van der Waals surface area (Å²) in [4.78, 5) is 25.6. The smallest absolute Gasteiger partial charge is 0.352 e. The monoisotopic (exact) mass is 324 g/mol. The highest BCUT2D eigenvalue weighted by molar-refractivity contribution is 5.94. The molecule has 23 heavy (non-hydrogen) atoms. The molecule has 1 atom stereocenters. The van der Waals surface area contributed by atoms with Crippen LogP contribution < -0.4 is 5.32 Å². The van der Waals surface area contributed by atoms with Crippen LogP contribution in [-0.2, 0) is 9.59 Å². The van der Waals surface area contributed by atoms with Gasteiger partial charge in [-0.05, 0) is 50.7 Å². The van der Waals surface area contributed by atoms with Gasteiger partial charge in [-0.2, -0.15) is 0 Å². The van der Waals surface area contributed by atoms with Gasteiger partial charge in [-0.3, -0.25) is 4.79 Å². The molecule has 0 aliphatic heterocycles. The van der Waals surface area contributed by atoms with Gasteiger partial charge in [0.15, 0.2) is 0 Å². The van der Waals surface area contributed by atoms with E-state index in [1.54, 1.807) is 6.08 Å². The Kier molecular flexibility index (Phi) is 7.76. The summed E-state index contributed by atoms with van der Waals surface area (Å²) in [6, 6.07) is 0. The lowest BCUT2D eigenvalue weighted by atomic mass is 10.1. The maximum atomic E-state index is 12.0. The highest BCUT2D eigenvalue weighted by atomic mass is 16.4. The quantitative estimate of drug-likeness (QED) is 0.453. The number of unbranched alkanes of at least 4 members (excludes halogenated alkanes) is 3. The molecule has 0 spiro atoms. The van der Waals surface area contributed by atoms with Gasteiger partial charge < -0.3 is 15.3 Å². The summed E-state index contributed by atoms with van der Waals surface area (Å²) >= 11 is 0. The molecule has 1 aliphatic rings. The van der Waals surface area contributed by atoms with Crippen molar-refractivity contribution in [3.63, 3.8) is 0 Å². The van der Waals surface area contributed by atoms with E-state index in [2.05, 4.69) is 24.1 Å². The Labute approximate surface area is 140 Å². The largest absolute Gasteiger partial charge is 0.477 e. The van der Waals surface area contributed by atoms with E-state index in [4.69, 9.17) is 0 Å². The molecule has 0 aromatic carbocycles. The van der Waals surface area contributed by atoms with E-state index < -0.39 is 5.97 Å². The SMILES string of the molecule is CCN(CC)CCCCC/C=C(/NC(=O)C1CC1(C)C)C(=O)O. The Morgan fingerprint density at radius 1 is 1.22 bits per heavy atom. The van der Waals surface area contributed by atoms with Crippen LogP contribution >= 0.6 is 0 Å². The molecule has 0 bridgehead atoms. The lowest BCUT2D eigenvalue weighted by Crippen LogP contribution is -2.29. The molecule has 0 heterocycles. The molecule has 1 saturated carbocycles. The Balaban J connectivity index is 2.30. The molecule has 132 valence electrons. The summed E-state index contributed by atoms with van der Waals surface area (Å²) in [6.45, 7) is 11.6.